The zero-order valence-electron chi connectivity index (χ0n) is 19.1. The molecule has 0 radical (unpaired) electrons. The van der Waals surface area contributed by atoms with Crippen LogP contribution in [0.3, 0.4) is 0 Å². The first-order chi connectivity index (χ1) is 15.0. The standard InChI is InChI=1S/C25H35N3O2S/c1-19(21-8-6-5-7-9-21)26-25(31)28(22-13-15-27(2)16-14-22)17-12-20-10-11-23(29-3)24(18-20)30-4/h5-11,18-19,22H,12-17H2,1-4H3,(H,26,31). The topological polar surface area (TPSA) is 37.0 Å². The van der Waals surface area contributed by atoms with Gasteiger partial charge in [0, 0.05) is 12.6 Å². The Bertz CT molecular complexity index is 838. The van der Waals surface area contributed by atoms with Gasteiger partial charge in [0.05, 0.1) is 20.3 Å². The minimum Gasteiger partial charge on any atom is -0.493 e. The lowest BCUT2D eigenvalue weighted by Crippen LogP contribution is -2.51. The molecule has 0 spiro atoms. The minimum absolute atomic E-state index is 0.170. The zero-order valence-corrected chi connectivity index (χ0v) is 20.0. The summed E-state index contributed by atoms with van der Waals surface area (Å²) in [7, 11) is 5.53. The number of hydrogen-bond donors (Lipinski definition) is 1. The molecule has 0 aromatic heterocycles. The van der Waals surface area contributed by atoms with E-state index in [4.69, 9.17) is 21.7 Å². The van der Waals surface area contributed by atoms with E-state index in [0.29, 0.717) is 6.04 Å². The van der Waals surface area contributed by atoms with Crippen LogP contribution in [0.15, 0.2) is 48.5 Å². The largest absolute Gasteiger partial charge is 0.493 e. The van der Waals surface area contributed by atoms with E-state index in [1.807, 2.05) is 12.1 Å². The van der Waals surface area contributed by atoms with Crippen molar-refractivity contribution < 1.29 is 9.47 Å². The van der Waals surface area contributed by atoms with E-state index in [-0.39, 0.29) is 6.04 Å². The Morgan fingerprint density at radius 2 is 1.77 bits per heavy atom. The Kier molecular flexibility index (Phi) is 8.55. The lowest BCUT2D eigenvalue weighted by molar-refractivity contribution is 0.175. The Labute approximate surface area is 192 Å². The second-order valence-corrected chi connectivity index (χ2v) is 8.64. The number of piperidine rings is 1. The molecule has 2 aromatic carbocycles. The fourth-order valence-corrected chi connectivity index (χ4v) is 4.55. The summed E-state index contributed by atoms with van der Waals surface area (Å²) < 4.78 is 10.9. The highest BCUT2D eigenvalue weighted by molar-refractivity contribution is 7.80. The molecule has 1 aliphatic heterocycles. The molecule has 0 bridgehead atoms. The highest BCUT2D eigenvalue weighted by Crippen LogP contribution is 2.28. The lowest BCUT2D eigenvalue weighted by Gasteiger charge is -2.39. The quantitative estimate of drug-likeness (QED) is 0.617. The number of thiocarbonyl (C=S) groups is 1. The van der Waals surface area contributed by atoms with Crippen molar-refractivity contribution >= 4 is 17.3 Å². The van der Waals surface area contributed by atoms with Gasteiger partial charge in [-0.05, 0) is 81.8 Å². The second-order valence-electron chi connectivity index (χ2n) is 8.25. The van der Waals surface area contributed by atoms with Crippen molar-refractivity contribution in [2.24, 2.45) is 0 Å². The van der Waals surface area contributed by atoms with Gasteiger partial charge in [-0.2, -0.15) is 0 Å². The van der Waals surface area contributed by atoms with Crippen LogP contribution in [0.2, 0.25) is 0 Å². The number of nitrogens with zero attached hydrogens (tertiary/aromatic N) is 2. The molecule has 6 heteroatoms. The van der Waals surface area contributed by atoms with Crippen LogP contribution in [0.5, 0.6) is 11.5 Å². The summed E-state index contributed by atoms with van der Waals surface area (Å²) >= 11 is 5.92. The molecular formula is C25H35N3O2S. The molecule has 0 saturated carbocycles. The number of benzene rings is 2. The predicted octanol–water partition coefficient (Wildman–Crippen LogP) is 4.28. The molecule has 31 heavy (non-hydrogen) atoms. The molecular weight excluding hydrogens is 406 g/mol. The van der Waals surface area contributed by atoms with Crippen molar-refractivity contribution in [1.82, 2.24) is 15.1 Å². The first-order valence-corrected chi connectivity index (χ1v) is 11.4. The maximum atomic E-state index is 5.92. The third kappa shape index (κ3) is 6.34. The van der Waals surface area contributed by atoms with Gasteiger partial charge in [0.25, 0.3) is 0 Å². The van der Waals surface area contributed by atoms with Crippen LogP contribution >= 0.6 is 12.2 Å². The van der Waals surface area contributed by atoms with Crippen LogP contribution < -0.4 is 14.8 Å². The summed E-state index contributed by atoms with van der Waals surface area (Å²) in [6, 6.07) is 17.2. The maximum absolute atomic E-state index is 5.92. The van der Waals surface area contributed by atoms with Crippen LogP contribution in [-0.4, -0.2) is 61.9 Å². The first kappa shape index (κ1) is 23.4. The highest BCUT2D eigenvalue weighted by Gasteiger charge is 2.25. The highest BCUT2D eigenvalue weighted by atomic mass is 32.1. The van der Waals surface area contributed by atoms with Crippen molar-refractivity contribution in [2.75, 3.05) is 40.9 Å². The Morgan fingerprint density at radius 1 is 1.10 bits per heavy atom. The van der Waals surface area contributed by atoms with Gasteiger partial charge in [0.15, 0.2) is 16.6 Å². The molecule has 1 saturated heterocycles. The van der Waals surface area contributed by atoms with Crippen LogP contribution in [0, 0.1) is 0 Å². The number of ether oxygens (including phenoxy) is 2. The van der Waals surface area contributed by atoms with E-state index >= 15 is 0 Å². The first-order valence-electron chi connectivity index (χ1n) is 11.0. The van der Waals surface area contributed by atoms with Crippen LogP contribution in [0.1, 0.15) is 36.9 Å². The van der Waals surface area contributed by atoms with Crippen molar-refractivity contribution in [1.29, 1.82) is 0 Å². The van der Waals surface area contributed by atoms with Gasteiger partial charge in [-0.25, -0.2) is 0 Å². The molecule has 1 heterocycles. The van der Waals surface area contributed by atoms with E-state index in [9.17, 15) is 0 Å². The summed E-state index contributed by atoms with van der Waals surface area (Å²) in [6.45, 7) is 5.25. The van der Waals surface area contributed by atoms with E-state index in [0.717, 1.165) is 55.5 Å². The van der Waals surface area contributed by atoms with Crippen molar-refractivity contribution in [3.05, 3.63) is 59.7 Å². The molecule has 168 valence electrons. The molecule has 1 atom stereocenters. The SMILES string of the molecule is COc1ccc(CCN(C(=S)NC(C)c2ccccc2)C2CCN(C)CC2)cc1OC. The van der Waals surface area contributed by atoms with Gasteiger partial charge >= 0.3 is 0 Å². The van der Waals surface area contributed by atoms with Gasteiger partial charge in [-0.15, -0.1) is 0 Å². The number of rotatable bonds is 8. The lowest BCUT2D eigenvalue weighted by atomic mass is 10.0. The number of likely N-dealkylation sites (tertiary alicyclic amines) is 1. The Hall–Kier alpha value is -2.31. The summed E-state index contributed by atoms with van der Waals surface area (Å²) in [4.78, 5) is 4.80. The van der Waals surface area contributed by atoms with Crippen molar-refractivity contribution in [3.63, 3.8) is 0 Å². The van der Waals surface area contributed by atoms with Crippen molar-refractivity contribution in [2.45, 2.75) is 38.3 Å². The molecule has 1 aliphatic rings. The minimum atomic E-state index is 0.170. The summed E-state index contributed by atoms with van der Waals surface area (Å²) in [5.41, 5.74) is 2.46. The fraction of sp³-hybridized carbons (Fsp3) is 0.480. The molecule has 0 amide bonds. The third-order valence-corrected chi connectivity index (χ3v) is 6.47. The van der Waals surface area contributed by atoms with Gasteiger partial charge < -0.3 is 24.6 Å². The molecule has 3 rings (SSSR count). The number of hydrogen-bond acceptors (Lipinski definition) is 4. The van der Waals surface area contributed by atoms with Crippen LogP contribution in [0.4, 0.5) is 0 Å². The van der Waals surface area contributed by atoms with E-state index < -0.39 is 0 Å². The average molecular weight is 442 g/mol. The molecule has 1 unspecified atom stereocenters. The molecule has 1 fully saturated rings. The van der Waals surface area contributed by atoms with Gasteiger partial charge in [-0.1, -0.05) is 36.4 Å². The monoisotopic (exact) mass is 441 g/mol. The summed E-state index contributed by atoms with van der Waals surface area (Å²) in [6.07, 6.45) is 3.15. The smallest absolute Gasteiger partial charge is 0.169 e. The normalized spacial score (nSPS) is 15.9. The molecule has 5 nitrogen and oxygen atoms in total. The number of nitrogens with one attached hydrogen (secondary N) is 1. The molecule has 1 N–H and O–H groups in total. The third-order valence-electron chi connectivity index (χ3n) is 6.12. The van der Waals surface area contributed by atoms with Gasteiger partial charge in [0.1, 0.15) is 0 Å². The Balaban J connectivity index is 1.71. The van der Waals surface area contributed by atoms with Crippen molar-refractivity contribution in [3.8, 4) is 11.5 Å². The molecule has 0 aliphatic carbocycles. The average Bonchev–Trinajstić information content (AvgIpc) is 2.80. The van der Waals surface area contributed by atoms with E-state index in [1.54, 1.807) is 14.2 Å². The fourth-order valence-electron chi connectivity index (χ4n) is 4.14. The number of methoxy groups -OCH3 is 2. The summed E-state index contributed by atoms with van der Waals surface area (Å²) in [5.74, 6) is 1.52. The Morgan fingerprint density at radius 3 is 2.42 bits per heavy atom. The van der Waals surface area contributed by atoms with Crippen LogP contribution in [0.25, 0.3) is 0 Å². The van der Waals surface area contributed by atoms with Crippen LogP contribution in [-0.2, 0) is 6.42 Å². The van der Waals surface area contributed by atoms with Gasteiger partial charge in [0.2, 0.25) is 0 Å². The zero-order chi connectivity index (χ0) is 22.2. The van der Waals surface area contributed by atoms with Gasteiger partial charge in [-0.3, -0.25) is 0 Å². The molecule has 2 aromatic rings. The second kappa shape index (κ2) is 11.3. The maximum Gasteiger partial charge on any atom is 0.169 e. The summed E-state index contributed by atoms with van der Waals surface area (Å²) in [5, 5.41) is 4.42. The van der Waals surface area contributed by atoms with E-state index in [2.05, 4.69) is 65.5 Å². The van der Waals surface area contributed by atoms with E-state index in [1.165, 1.54) is 11.1 Å². The predicted molar refractivity (Wildman–Crippen MR) is 131 cm³/mol.